The molecule has 12 heteroatoms. The maximum Gasteiger partial charge on any atom is 0.416 e. The molecule has 2 atom stereocenters. The Morgan fingerprint density at radius 1 is 1.02 bits per heavy atom. The molecule has 5 rings (SSSR count). The van der Waals surface area contributed by atoms with Crippen molar-refractivity contribution in [1.82, 2.24) is 16.0 Å². The minimum absolute atomic E-state index is 0. The highest BCUT2D eigenvalue weighted by molar-refractivity contribution is 6.03. The first-order chi connectivity index (χ1) is 19.4. The number of hydrogen-bond donors (Lipinski definition) is 4. The van der Waals surface area contributed by atoms with Crippen molar-refractivity contribution >= 4 is 24.2 Å². The van der Waals surface area contributed by atoms with E-state index in [-0.39, 0.29) is 42.4 Å². The molecule has 1 saturated carbocycles. The molecule has 0 spiro atoms. The summed E-state index contributed by atoms with van der Waals surface area (Å²) in [5, 5.41) is 19.8. The molecule has 0 bridgehead atoms. The average Bonchev–Trinajstić information content (AvgIpc) is 3.71. The van der Waals surface area contributed by atoms with E-state index >= 15 is 0 Å². The Balaban J connectivity index is 0.00000405. The Bertz CT molecular complexity index is 1460. The fourth-order valence-electron chi connectivity index (χ4n) is 5.32. The van der Waals surface area contributed by atoms with Crippen molar-refractivity contribution in [1.29, 1.82) is 0 Å². The van der Waals surface area contributed by atoms with Crippen LogP contribution in [0.2, 0.25) is 0 Å². The third kappa shape index (κ3) is 6.91. The topological polar surface area (TPSA) is 90.5 Å². The van der Waals surface area contributed by atoms with Gasteiger partial charge in [-0.2, -0.15) is 13.2 Å². The molecule has 2 amide bonds. The van der Waals surface area contributed by atoms with Gasteiger partial charge in [0.2, 0.25) is 0 Å². The quantitative estimate of drug-likeness (QED) is 0.266. The van der Waals surface area contributed by atoms with Crippen molar-refractivity contribution in [2.24, 2.45) is 0 Å². The number of alkyl halides is 3. The molecule has 1 fully saturated rings. The van der Waals surface area contributed by atoms with E-state index < -0.39 is 47.0 Å². The number of benzene rings is 3. The summed E-state index contributed by atoms with van der Waals surface area (Å²) >= 11 is 0. The van der Waals surface area contributed by atoms with Gasteiger partial charge in [-0.25, -0.2) is 8.78 Å². The summed E-state index contributed by atoms with van der Waals surface area (Å²) in [5.41, 5.74) is 0.248. The van der Waals surface area contributed by atoms with Gasteiger partial charge < -0.3 is 21.1 Å². The zero-order valence-corrected chi connectivity index (χ0v) is 23.0. The highest BCUT2D eigenvalue weighted by Gasteiger charge is 2.45. The van der Waals surface area contributed by atoms with Crippen LogP contribution in [0.3, 0.4) is 0 Å². The predicted molar refractivity (Wildman–Crippen MR) is 147 cm³/mol. The van der Waals surface area contributed by atoms with Gasteiger partial charge >= 0.3 is 6.18 Å². The van der Waals surface area contributed by atoms with Crippen molar-refractivity contribution in [2.75, 3.05) is 13.1 Å². The monoisotopic (exact) mass is 609 g/mol. The molecular formula is C30H29ClF5N3O3. The van der Waals surface area contributed by atoms with Crippen LogP contribution >= 0.6 is 12.4 Å². The molecule has 1 aliphatic carbocycles. The van der Waals surface area contributed by atoms with Gasteiger partial charge in [0.25, 0.3) is 11.8 Å². The Kier molecular flexibility index (Phi) is 9.24. The Labute approximate surface area is 245 Å². The van der Waals surface area contributed by atoms with Crippen LogP contribution in [-0.4, -0.2) is 42.2 Å². The van der Waals surface area contributed by atoms with Crippen LogP contribution in [0.5, 0.6) is 0 Å². The number of aliphatic hydroxyl groups excluding tert-OH is 1. The van der Waals surface area contributed by atoms with Gasteiger partial charge in [-0.15, -0.1) is 12.4 Å². The van der Waals surface area contributed by atoms with Gasteiger partial charge in [-0.3, -0.25) is 9.59 Å². The number of hydrogen-bond acceptors (Lipinski definition) is 4. The van der Waals surface area contributed by atoms with Crippen molar-refractivity contribution in [3.05, 3.63) is 106 Å². The molecule has 0 radical (unpaired) electrons. The summed E-state index contributed by atoms with van der Waals surface area (Å²) in [6, 6.07) is 11.6. The number of fused-ring (bicyclic) bond motifs is 1. The summed E-state index contributed by atoms with van der Waals surface area (Å²) in [5.74, 6) is -2.51. The molecule has 0 aromatic heterocycles. The van der Waals surface area contributed by atoms with Gasteiger partial charge in [-0.05, 0) is 78.8 Å². The number of aliphatic hydroxyl groups is 1. The summed E-state index contributed by atoms with van der Waals surface area (Å²) in [4.78, 5) is 25.6. The highest BCUT2D eigenvalue weighted by atomic mass is 35.5. The molecule has 1 aliphatic heterocycles. The average molecular weight is 610 g/mol. The van der Waals surface area contributed by atoms with Crippen LogP contribution in [-0.2, 0) is 24.6 Å². The van der Waals surface area contributed by atoms with E-state index in [1.807, 2.05) is 0 Å². The molecule has 1 heterocycles. The Hall–Kier alpha value is -3.54. The van der Waals surface area contributed by atoms with E-state index in [1.54, 1.807) is 24.3 Å². The lowest BCUT2D eigenvalue weighted by Crippen LogP contribution is -2.50. The van der Waals surface area contributed by atoms with Crippen molar-refractivity contribution in [3.8, 4) is 0 Å². The third-order valence-corrected chi connectivity index (χ3v) is 7.63. The number of carbonyl (C=O) groups is 2. The zero-order valence-electron chi connectivity index (χ0n) is 22.2. The molecule has 42 heavy (non-hydrogen) atoms. The van der Waals surface area contributed by atoms with E-state index in [4.69, 9.17) is 0 Å². The minimum atomic E-state index is -4.50. The van der Waals surface area contributed by atoms with Crippen LogP contribution in [0.15, 0.2) is 60.7 Å². The standard InChI is InChI=1S/C30H28F5N3O3.ClH/c31-20-11-17(12-21(32)15-20)13-25(38-28(41)24-6-2-5-23-22(24)7-10-36-27(23)40)26(39)16-37-29(8-9-29)18-3-1-4-19(14-18)30(33,34)35;/h1-6,11-12,14-15,25-26,37,39H,7-10,13,16H2,(H,36,40)(H,38,41);1H/t25-,26+;/m0./s1. The number of carbonyl (C=O) groups excluding carboxylic acids is 2. The van der Waals surface area contributed by atoms with E-state index in [1.165, 1.54) is 6.07 Å². The summed E-state index contributed by atoms with van der Waals surface area (Å²) < 4.78 is 67.7. The molecular weight excluding hydrogens is 581 g/mol. The van der Waals surface area contributed by atoms with E-state index in [9.17, 15) is 36.6 Å². The molecule has 3 aromatic carbocycles. The summed E-state index contributed by atoms with van der Waals surface area (Å²) in [6.45, 7) is 0.237. The second kappa shape index (κ2) is 12.4. The normalized spacial score (nSPS) is 16.9. The van der Waals surface area contributed by atoms with Gasteiger partial charge in [0.15, 0.2) is 0 Å². The third-order valence-electron chi connectivity index (χ3n) is 7.63. The summed E-state index contributed by atoms with van der Waals surface area (Å²) in [7, 11) is 0. The first-order valence-electron chi connectivity index (χ1n) is 13.2. The predicted octanol–water partition coefficient (Wildman–Crippen LogP) is 4.67. The van der Waals surface area contributed by atoms with Gasteiger partial charge in [0.1, 0.15) is 11.6 Å². The van der Waals surface area contributed by atoms with Crippen LogP contribution in [0, 0.1) is 11.6 Å². The second-order valence-electron chi connectivity index (χ2n) is 10.5. The van der Waals surface area contributed by atoms with E-state index in [2.05, 4.69) is 16.0 Å². The van der Waals surface area contributed by atoms with Crippen LogP contribution in [0.1, 0.15) is 55.8 Å². The lowest BCUT2D eigenvalue weighted by atomic mass is 9.93. The van der Waals surface area contributed by atoms with Crippen molar-refractivity contribution in [2.45, 2.75) is 49.5 Å². The van der Waals surface area contributed by atoms with Gasteiger partial charge in [0, 0.05) is 35.8 Å². The molecule has 0 unspecified atom stereocenters. The van der Waals surface area contributed by atoms with E-state index in [0.29, 0.717) is 48.6 Å². The Morgan fingerprint density at radius 2 is 1.71 bits per heavy atom. The fraction of sp³-hybridized carbons (Fsp3) is 0.333. The second-order valence-corrected chi connectivity index (χ2v) is 10.5. The number of halogens is 6. The molecule has 2 aliphatic rings. The lowest BCUT2D eigenvalue weighted by molar-refractivity contribution is -0.137. The largest absolute Gasteiger partial charge is 0.416 e. The molecule has 224 valence electrons. The smallest absolute Gasteiger partial charge is 0.390 e. The molecule has 0 saturated heterocycles. The first-order valence-corrected chi connectivity index (χ1v) is 13.2. The number of amides is 2. The molecule has 6 nitrogen and oxygen atoms in total. The van der Waals surface area contributed by atoms with Crippen molar-refractivity contribution < 1.29 is 36.6 Å². The Morgan fingerprint density at radius 3 is 2.38 bits per heavy atom. The van der Waals surface area contributed by atoms with Crippen LogP contribution in [0.25, 0.3) is 0 Å². The van der Waals surface area contributed by atoms with Gasteiger partial charge in [0.05, 0.1) is 17.7 Å². The van der Waals surface area contributed by atoms with Crippen LogP contribution < -0.4 is 16.0 Å². The highest BCUT2D eigenvalue weighted by Crippen LogP contribution is 2.46. The van der Waals surface area contributed by atoms with E-state index in [0.717, 1.165) is 24.3 Å². The van der Waals surface area contributed by atoms with Crippen LogP contribution in [0.4, 0.5) is 22.0 Å². The zero-order chi connectivity index (χ0) is 29.4. The number of nitrogens with one attached hydrogen (secondary N) is 3. The maximum absolute atomic E-state index is 13.9. The fourth-order valence-corrected chi connectivity index (χ4v) is 5.32. The number of rotatable bonds is 9. The maximum atomic E-state index is 13.9. The summed E-state index contributed by atoms with van der Waals surface area (Å²) in [6.07, 6.45) is -4.39. The minimum Gasteiger partial charge on any atom is -0.390 e. The van der Waals surface area contributed by atoms with Crippen molar-refractivity contribution in [3.63, 3.8) is 0 Å². The lowest BCUT2D eigenvalue weighted by Gasteiger charge is -2.28. The first kappa shape index (κ1) is 31.4. The SMILES string of the molecule is Cl.O=C1NCCc2c1cccc2C(=O)N[C@@H](Cc1cc(F)cc(F)c1)[C@H](O)CNC1(c2cccc(C(F)(F)F)c2)CC1. The van der Waals surface area contributed by atoms with Gasteiger partial charge in [-0.1, -0.05) is 18.2 Å². The molecule has 3 aromatic rings. The molecule has 4 N–H and O–H groups in total.